The molecule has 1 aromatic rings. The molecule has 0 radical (unpaired) electrons. The van der Waals surface area contributed by atoms with Crippen LogP contribution in [-0.4, -0.2) is 24.2 Å². The van der Waals surface area contributed by atoms with Crippen LogP contribution in [0.3, 0.4) is 0 Å². The molecule has 4 heteroatoms. The molecule has 3 N–H and O–H groups in total. The summed E-state index contributed by atoms with van der Waals surface area (Å²) in [6.45, 7) is 5.48. The number of nitrogens with one attached hydrogen (secondary N) is 1. The Hall–Kier alpha value is -1.29. The van der Waals surface area contributed by atoms with Crippen molar-refractivity contribution < 1.29 is 4.74 Å². The molecule has 0 saturated heterocycles. The van der Waals surface area contributed by atoms with E-state index in [1.54, 1.807) is 6.20 Å². The van der Waals surface area contributed by atoms with Crippen LogP contribution in [0.4, 0.5) is 5.82 Å². The maximum absolute atomic E-state index is 5.65. The number of nitrogens with two attached hydrogens (primary N) is 1. The number of aromatic nitrogens is 1. The summed E-state index contributed by atoms with van der Waals surface area (Å²) in [5.74, 6) is 1.59. The Morgan fingerprint density at radius 3 is 2.94 bits per heavy atom. The molecule has 0 aliphatic carbocycles. The molecule has 0 fully saturated rings. The molecule has 0 aliphatic rings. The fourth-order valence-corrected chi connectivity index (χ4v) is 1.35. The Morgan fingerprint density at radius 1 is 1.50 bits per heavy atom. The number of rotatable bonds is 7. The molecular weight excluding hydrogens is 202 g/mol. The van der Waals surface area contributed by atoms with E-state index in [2.05, 4.69) is 24.1 Å². The minimum absolute atomic E-state index is 0.249. The Bertz CT molecular complexity index is 300. The van der Waals surface area contributed by atoms with Crippen LogP contribution in [0.2, 0.25) is 0 Å². The number of anilines is 1. The lowest BCUT2D eigenvalue weighted by Gasteiger charge is -2.17. The van der Waals surface area contributed by atoms with Gasteiger partial charge in [0.05, 0.1) is 6.61 Å². The first kappa shape index (κ1) is 12.8. The van der Waals surface area contributed by atoms with Crippen molar-refractivity contribution in [2.24, 2.45) is 5.73 Å². The Kier molecular flexibility index (Phi) is 5.64. The standard InChI is InChI=1S/C12H21N3O/c1-3-8-16-11-6-5-7-14-12(11)15-10(4-2)9-13/h5-7,10H,3-4,8-9,13H2,1-2H3,(H,14,15). The van der Waals surface area contributed by atoms with Crippen LogP contribution < -0.4 is 15.8 Å². The zero-order chi connectivity index (χ0) is 11.8. The fourth-order valence-electron chi connectivity index (χ4n) is 1.35. The molecule has 0 saturated carbocycles. The highest BCUT2D eigenvalue weighted by Crippen LogP contribution is 2.21. The van der Waals surface area contributed by atoms with Gasteiger partial charge in [-0.05, 0) is 25.0 Å². The molecule has 0 aromatic carbocycles. The molecule has 0 amide bonds. The van der Waals surface area contributed by atoms with Crippen LogP contribution in [-0.2, 0) is 0 Å². The summed E-state index contributed by atoms with van der Waals surface area (Å²) in [6, 6.07) is 4.05. The van der Waals surface area contributed by atoms with Gasteiger partial charge in [0, 0.05) is 18.8 Å². The third kappa shape index (κ3) is 3.70. The SMILES string of the molecule is CCCOc1cccnc1NC(CC)CN. The zero-order valence-corrected chi connectivity index (χ0v) is 10.1. The van der Waals surface area contributed by atoms with Crippen LogP contribution in [0.1, 0.15) is 26.7 Å². The van der Waals surface area contributed by atoms with E-state index in [4.69, 9.17) is 10.5 Å². The molecule has 1 atom stereocenters. The van der Waals surface area contributed by atoms with E-state index in [-0.39, 0.29) is 6.04 Å². The van der Waals surface area contributed by atoms with Gasteiger partial charge < -0.3 is 15.8 Å². The van der Waals surface area contributed by atoms with E-state index in [0.29, 0.717) is 13.2 Å². The third-order valence-corrected chi connectivity index (χ3v) is 2.35. The van der Waals surface area contributed by atoms with E-state index >= 15 is 0 Å². The smallest absolute Gasteiger partial charge is 0.169 e. The first-order chi connectivity index (χ1) is 7.81. The first-order valence-electron chi connectivity index (χ1n) is 5.86. The normalized spacial score (nSPS) is 12.2. The van der Waals surface area contributed by atoms with Gasteiger partial charge in [-0.2, -0.15) is 0 Å². The summed E-state index contributed by atoms with van der Waals surface area (Å²) in [4.78, 5) is 4.28. The van der Waals surface area contributed by atoms with Gasteiger partial charge >= 0.3 is 0 Å². The molecule has 1 aromatic heterocycles. The van der Waals surface area contributed by atoms with Crippen molar-refractivity contribution in [2.45, 2.75) is 32.7 Å². The van der Waals surface area contributed by atoms with Crippen molar-refractivity contribution in [2.75, 3.05) is 18.5 Å². The molecule has 0 bridgehead atoms. The van der Waals surface area contributed by atoms with E-state index < -0.39 is 0 Å². The van der Waals surface area contributed by atoms with Gasteiger partial charge in [0.15, 0.2) is 11.6 Å². The highest BCUT2D eigenvalue weighted by Gasteiger charge is 2.08. The minimum atomic E-state index is 0.249. The van der Waals surface area contributed by atoms with Crippen molar-refractivity contribution in [1.82, 2.24) is 4.98 Å². The molecule has 1 rings (SSSR count). The second-order valence-electron chi connectivity index (χ2n) is 3.68. The monoisotopic (exact) mass is 223 g/mol. The van der Waals surface area contributed by atoms with Gasteiger partial charge in [0.25, 0.3) is 0 Å². The molecule has 4 nitrogen and oxygen atoms in total. The molecule has 1 heterocycles. The van der Waals surface area contributed by atoms with E-state index in [1.165, 1.54) is 0 Å². The summed E-state index contributed by atoms with van der Waals surface area (Å²) in [5.41, 5.74) is 5.65. The lowest BCUT2D eigenvalue weighted by Crippen LogP contribution is -2.28. The summed E-state index contributed by atoms with van der Waals surface area (Å²) >= 11 is 0. The van der Waals surface area contributed by atoms with E-state index in [9.17, 15) is 0 Å². The predicted molar refractivity (Wildman–Crippen MR) is 66.8 cm³/mol. The van der Waals surface area contributed by atoms with Gasteiger partial charge in [0.2, 0.25) is 0 Å². The maximum Gasteiger partial charge on any atom is 0.169 e. The zero-order valence-electron chi connectivity index (χ0n) is 10.1. The molecule has 16 heavy (non-hydrogen) atoms. The summed E-state index contributed by atoms with van der Waals surface area (Å²) in [7, 11) is 0. The number of nitrogens with zero attached hydrogens (tertiary/aromatic N) is 1. The van der Waals surface area contributed by atoms with Crippen LogP contribution >= 0.6 is 0 Å². The summed E-state index contributed by atoms with van der Waals surface area (Å²) in [6.07, 6.45) is 3.72. The third-order valence-electron chi connectivity index (χ3n) is 2.35. The van der Waals surface area contributed by atoms with Crippen molar-refractivity contribution in [3.63, 3.8) is 0 Å². The predicted octanol–water partition coefficient (Wildman–Crippen LogP) is 2.02. The summed E-state index contributed by atoms with van der Waals surface area (Å²) < 4.78 is 5.61. The lowest BCUT2D eigenvalue weighted by molar-refractivity contribution is 0.317. The maximum atomic E-state index is 5.65. The highest BCUT2D eigenvalue weighted by molar-refractivity contribution is 5.50. The number of hydrogen-bond donors (Lipinski definition) is 2. The van der Waals surface area contributed by atoms with Crippen LogP contribution in [0.15, 0.2) is 18.3 Å². The van der Waals surface area contributed by atoms with Crippen molar-refractivity contribution in [3.8, 4) is 5.75 Å². The first-order valence-corrected chi connectivity index (χ1v) is 5.86. The molecule has 1 unspecified atom stereocenters. The molecule has 0 aliphatic heterocycles. The average Bonchev–Trinajstić information content (AvgIpc) is 2.34. The number of pyridine rings is 1. The largest absolute Gasteiger partial charge is 0.490 e. The Morgan fingerprint density at radius 2 is 2.31 bits per heavy atom. The van der Waals surface area contributed by atoms with Crippen LogP contribution in [0, 0.1) is 0 Å². The lowest BCUT2D eigenvalue weighted by atomic mass is 10.2. The van der Waals surface area contributed by atoms with Crippen LogP contribution in [0.5, 0.6) is 5.75 Å². The van der Waals surface area contributed by atoms with Crippen molar-refractivity contribution in [1.29, 1.82) is 0 Å². The summed E-state index contributed by atoms with van der Waals surface area (Å²) in [5, 5.41) is 3.29. The number of hydrogen-bond acceptors (Lipinski definition) is 4. The molecular formula is C12H21N3O. The van der Waals surface area contributed by atoms with Gasteiger partial charge in [-0.25, -0.2) is 4.98 Å². The van der Waals surface area contributed by atoms with E-state index in [0.717, 1.165) is 24.4 Å². The van der Waals surface area contributed by atoms with E-state index in [1.807, 2.05) is 12.1 Å². The quantitative estimate of drug-likeness (QED) is 0.742. The topological polar surface area (TPSA) is 60.2 Å². The number of ether oxygens (including phenoxy) is 1. The second kappa shape index (κ2) is 7.06. The highest BCUT2D eigenvalue weighted by atomic mass is 16.5. The van der Waals surface area contributed by atoms with Gasteiger partial charge in [-0.15, -0.1) is 0 Å². The molecule has 0 spiro atoms. The molecule has 90 valence electrons. The minimum Gasteiger partial charge on any atom is -0.490 e. The van der Waals surface area contributed by atoms with Gasteiger partial charge in [-0.3, -0.25) is 0 Å². The van der Waals surface area contributed by atoms with Crippen molar-refractivity contribution in [3.05, 3.63) is 18.3 Å². The second-order valence-corrected chi connectivity index (χ2v) is 3.68. The fraction of sp³-hybridized carbons (Fsp3) is 0.583. The van der Waals surface area contributed by atoms with Crippen molar-refractivity contribution >= 4 is 5.82 Å². The van der Waals surface area contributed by atoms with Gasteiger partial charge in [0.1, 0.15) is 0 Å². The Balaban J connectivity index is 2.69. The van der Waals surface area contributed by atoms with Gasteiger partial charge in [-0.1, -0.05) is 13.8 Å². The van der Waals surface area contributed by atoms with Crippen LogP contribution in [0.25, 0.3) is 0 Å². The Labute approximate surface area is 97.2 Å². The average molecular weight is 223 g/mol.